The lowest BCUT2D eigenvalue weighted by atomic mass is 9.97. The highest BCUT2D eigenvalue weighted by atomic mass is 32.2. The van der Waals surface area contributed by atoms with Crippen LogP contribution in [-0.4, -0.2) is 63.7 Å². The summed E-state index contributed by atoms with van der Waals surface area (Å²) in [6, 6.07) is 7.40. The van der Waals surface area contributed by atoms with Crippen molar-refractivity contribution in [3.05, 3.63) is 24.3 Å². The van der Waals surface area contributed by atoms with Gasteiger partial charge in [0.25, 0.3) is 0 Å². The number of para-hydroxylation sites is 1. The maximum Gasteiger partial charge on any atom is 0.309 e. The van der Waals surface area contributed by atoms with E-state index in [2.05, 4.69) is 10.2 Å². The number of carbonyl (C=O) groups excluding carboxylic acids is 2. The van der Waals surface area contributed by atoms with Crippen LogP contribution in [-0.2, 0) is 14.3 Å². The first kappa shape index (κ1) is 21.9. The number of benzene rings is 1. The van der Waals surface area contributed by atoms with E-state index in [1.165, 1.54) is 16.4 Å². The topological polar surface area (TPSA) is 113 Å². The fourth-order valence-corrected chi connectivity index (χ4v) is 4.29. The molecule has 2 N–H and O–H groups in total. The average Bonchev–Trinajstić information content (AvgIpc) is 3.13. The highest BCUT2D eigenvalue weighted by Crippen LogP contribution is 2.31. The minimum absolute atomic E-state index is 0.0100. The van der Waals surface area contributed by atoms with Crippen molar-refractivity contribution >= 4 is 23.6 Å². The summed E-state index contributed by atoms with van der Waals surface area (Å²) in [5, 5.41) is 8.39. The third kappa shape index (κ3) is 4.69. The van der Waals surface area contributed by atoms with Crippen molar-refractivity contribution in [3.8, 4) is 17.1 Å². The third-order valence-corrected chi connectivity index (χ3v) is 6.11. The van der Waals surface area contributed by atoms with Crippen molar-refractivity contribution in [2.24, 2.45) is 5.92 Å². The van der Waals surface area contributed by atoms with E-state index >= 15 is 0 Å². The molecule has 1 saturated heterocycles. The van der Waals surface area contributed by atoms with Crippen LogP contribution >= 0.6 is 11.8 Å². The minimum Gasteiger partial charge on any atom is -0.496 e. The average molecular weight is 434 g/mol. The van der Waals surface area contributed by atoms with Gasteiger partial charge in [-0.1, -0.05) is 23.9 Å². The number of ether oxygens (including phenoxy) is 2. The Kier molecular flexibility index (Phi) is 7.20. The number of hydrogen-bond donors (Lipinski definition) is 1. The molecule has 1 unspecified atom stereocenters. The van der Waals surface area contributed by atoms with E-state index in [9.17, 15) is 9.59 Å². The first-order valence-corrected chi connectivity index (χ1v) is 10.8. The van der Waals surface area contributed by atoms with E-state index in [-0.39, 0.29) is 23.0 Å². The fraction of sp³-hybridized carbons (Fsp3) is 0.500. The molecule has 30 heavy (non-hydrogen) atoms. The lowest BCUT2D eigenvalue weighted by Gasteiger charge is -2.32. The van der Waals surface area contributed by atoms with Gasteiger partial charge in [0.05, 0.1) is 30.4 Å². The van der Waals surface area contributed by atoms with Gasteiger partial charge in [0, 0.05) is 13.1 Å². The van der Waals surface area contributed by atoms with Gasteiger partial charge in [0.2, 0.25) is 11.1 Å². The molecule has 1 aromatic heterocycles. The Bertz CT molecular complexity index is 895. The first-order chi connectivity index (χ1) is 14.5. The highest BCUT2D eigenvalue weighted by Gasteiger charge is 2.31. The van der Waals surface area contributed by atoms with Crippen molar-refractivity contribution < 1.29 is 19.1 Å². The van der Waals surface area contributed by atoms with Crippen LogP contribution in [0.5, 0.6) is 5.75 Å². The molecule has 0 bridgehead atoms. The molecule has 2 heterocycles. The SMILES string of the molecule is CCOC(=O)C1CCN(C(=O)C(C)Sc2nnc(-c3ccccc3OC)n2N)CC1. The van der Waals surface area contributed by atoms with Gasteiger partial charge < -0.3 is 20.2 Å². The summed E-state index contributed by atoms with van der Waals surface area (Å²) < 4.78 is 11.8. The number of nitrogens with two attached hydrogens (primary N) is 1. The number of nitrogen functional groups attached to an aromatic ring is 1. The number of esters is 1. The second-order valence-electron chi connectivity index (χ2n) is 6.99. The van der Waals surface area contributed by atoms with E-state index < -0.39 is 0 Å². The Morgan fingerprint density at radius 3 is 2.63 bits per heavy atom. The van der Waals surface area contributed by atoms with Crippen molar-refractivity contribution in [2.75, 3.05) is 32.6 Å². The Balaban J connectivity index is 1.63. The van der Waals surface area contributed by atoms with Crippen molar-refractivity contribution in [1.82, 2.24) is 19.8 Å². The number of piperidine rings is 1. The number of likely N-dealkylation sites (tertiary alicyclic amines) is 1. The summed E-state index contributed by atoms with van der Waals surface area (Å²) in [5.41, 5.74) is 0.724. The summed E-state index contributed by atoms with van der Waals surface area (Å²) in [6.07, 6.45) is 1.24. The molecule has 9 nitrogen and oxygen atoms in total. The zero-order valence-corrected chi connectivity index (χ0v) is 18.2. The molecule has 0 saturated carbocycles. The second-order valence-corrected chi connectivity index (χ2v) is 8.30. The van der Waals surface area contributed by atoms with Crippen LogP contribution < -0.4 is 10.6 Å². The zero-order valence-electron chi connectivity index (χ0n) is 17.4. The second kappa shape index (κ2) is 9.84. The predicted molar refractivity (Wildman–Crippen MR) is 113 cm³/mol. The van der Waals surface area contributed by atoms with Gasteiger partial charge in [-0.25, -0.2) is 4.68 Å². The van der Waals surface area contributed by atoms with Gasteiger partial charge in [-0.05, 0) is 38.8 Å². The molecule has 2 aromatic rings. The van der Waals surface area contributed by atoms with Crippen LogP contribution in [0, 0.1) is 5.92 Å². The molecule has 1 fully saturated rings. The number of rotatable bonds is 7. The number of aromatic nitrogens is 3. The molecule has 0 aliphatic carbocycles. The minimum atomic E-state index is -0.388. The smallest absolute Gasteiger partial charge is 0.309 e. The molecular weight excluding hydrogens is 406 g/mol. The van der Waals surface area contributed by atoms with E-state index in [0.717, 1.165) is 5.56 Å². The monoisotopic (exact) mass is 433 g/mol. The lowest BCUT2D eigenvalue weighted by molar-refractivity contribution is -0.151. The highest BCUT2D eigenvalue weighted by molar-refractivity contribution is 8.00. The summed E-state index contributed by atoms with van der Waals surface area (Å²) in [7, 11) is 1.58. The van der Waals surface area contributed by atoms with Crippen LogP contribution in [0.25, 0.3) is 11.4 Å². The van der Waals surface area contributed by atoms with Crippen LogP contribution in [0.3, 0.4) is 0 Å². The zero-order chi connectivity index (χ0) is 21.7. The van der Waals surface area contributed by atoms with Crippen molar-refractivity contribution in [2.45, 2.75) is 37.1 Å². The molecule has 1 aliphatic heterocycles. The van der Waals surface area contributed by atoms with Gasteiger partial charge in [0.1, 0.15) is 5.75 Å². The molecule has 162 valence electrons. The quantitative estimate of drug-likeness (QED) is 0.401. The van der Waals surface area contributed by atoms with Gasteiger partial charge in [-0.15, -0.1) is 10.2 Å². The standard InChI is InChI=1S/C20H27N5O4S/c1-4-29-19(27)14-9-11-24(12-10-14)18(26)13(2)30-20-23-22-17(25(20)21)15-7-5-6-8-16(15)28-3/h5-8,13-14H,4,9-12,21H2,1-3H3. The van der Waals surface area contributed by atoms with Gasteiger partial charge in [0.15, 0.2) is 5.82 Å². The molecule has 0 spiro atoms. The number of methoxy groups -OCH3 is 1. The molecule has 1 aromatic carbocycles. The van der Waals surface area contributed by atoms with Gasteiger partial charge >= 0.3 is 5.97 Å². The number of carbonyl (C=O) groups is 2. The van der Waals surface area contributed by atoms with Crippen molar-refractivity contribution in [1.29, 1.82) is 0 Å². The normalized spacial score (nSPS) is 15.6. The van der Waals surface area contributed by atoms with Crippen LogP contribution in [0.15, 0.2) is 29.4 Å². The first-order valence-electron chi connectivity index (χ1n) is 9.92. The van der Waals surface area contributed by atoms with E-state index in [4.69, 9.17) is 15.3 Å². The number of nitrogens with zero attached hydrogens (tertiary/aromatic N) is 4. The maximum absolute atomic E-state index is 12.9. The Hall–Kier alpha value is -2.75. The van der Waals surface area contributed by atoms with E-state index in [1.807, 2.05) is 31.2 Å². The Morgan fingerprint density at radius 2 is 1.97 bits per heavy atom. The molecule has 10 heteroatoms. The summed E-state index contributed by atoms with van der Waals surface area (Å²) in [4.78, 5) is 26.5. The van der Waals surface area contributed by atoms with Gasteiger partial charge in [-0.3, -0.25) is 9.59 Å². The van der Waals surface area contributed by atoms with Crippen LogP contribution in [0.1, 0.15) is 26.7 Å². The summed E-state index contributed by atoms with van der Waals surface area (Å²) >= 11 is 1.26. The lowest BCUT2D eigenvalue weighted by Crippen LogP contribution is -2.43. The largest absolute Gasteiger partial charge is 0.496 e. The summed E-state index contributed by atoms with van der Waals surface area (Å²) in [5.74, 6) is 6.99. The van der Waals surface area contributed by atoms with E-state index in [1.54, 1.807) is 18.9 Å². The molecule has 1 amide bonds. The molecule has 3 rings (SSSR count). The summed E-state index contributed by atoms with van der Waals surface area (Å²) in [6.45, 7) is 5.07. The van der Waals surface area contributed by atoms with Crippen molar-refractivity contribution in [3.63, 3.8) is 0 Å². The van der Waals surface area contributed by atoms with E-state index in [0.29, 0.717) is 49.3 Å². The maximum atomic E-state index is 12.9. The van der Waals surface area contributed by atoms with Crippen LogP contribution in [0.2, 0.25) is 0 Å². The predicted octanol–water partition coefficient (Wildman–Crippen LogP) is 1.95. The Labute approximate surface area is 179 Å². The number of thioether (sulfide) groups is 1. The Morgan fingerprint density at radius 1 is 1.27 bits per heavy atom. The molecular formula is C20H27N5O4S. The third-order valence-electron chi connectivity index (χ3n) is 5.07. The molecule has 1 atom stereocenters. The molecule has 1 aliphatic rings. The number of hydrogen-bond acceptors (Lipinski definition) is 8. The molecule has 0 radical (unpaired) electrons. The van der Waals surface area contributed by atoms with Gasteiger partial charge in [-0.2, -0.15) is 0 Å². The fourth-order valence-electron chi connectivity index (χ4n) is 3.43. The number of amides is 1. The van der Waals surface area contributed by atoms with Crippen LogP contribution in [0.4, 0.5) is 0 Å².